The van der Waals surface area contributed by atoms with E-state index in [-0.39, 0.29) is 6.61 Å². The molecular weight excluding hydrogens is 192 g/mol. The summed E-state index contributed by atoms with van der Waals surface area (Å²) in [7, 11) is 0. The highest BCUT2D eigenvalue weighted by Crippen LogP contribution is 2.22. The summed E-state index contributed by atoms with van der Waals surface area (Å²) in [4.78, 5) is 4.51. The fraction of sp³-hybridized carbons (Fsp3) is 0.727. The number of aryl methyl sites for hydroxylation is 2. The molecule has 1 atom stereocenters. The van der Waals surface area contributed by atoms with Crippen LogP contribution in [0.15, 0.2) is 0 Å². The van der Waals surface area contributed by atoms with Crippen LogP contribution in [0.3, 0.4) is 0 Å². The lowest BCUT2D eigenvalue weighted by Crippen LogP contribution is -2.22. The van der Waals surface area contributed by atoms with E-state index in [0.29, 0.717) is 6.54 Å². The van der Waals surface area contributed by atoms with E-state index >= 15 is 0 Å². The Hall–Kier alpha value is -0.870. The van der Waals surface area contributed by atoms with Gasteiger partial charge in [0.2, 0.25) is 0 Å². The van der Waals surface area contributed by atoms with Crippen molar-refractivity contribution in [3.8, 4) is 0 Å². The highest BCUT2D eigenvalue weighted by molar-refractivity contribution is 5.19. The van der Waals surface area contributed by atoms with Crippen LogP contribution in [0.1, 0.15) is 30.1 Å². The molecule has 0 radical (unpaired) electrons. The van der Waals surface area contributed by atoms with Gasteiger partial charge in [0.25, 0.3) is 0 Å². The molecule has 1 aliphatic rings. The highest BCUT2D eigenvalue weighted by atomic mass is 16.3. The van der Waals surface area contributed by atoms with Crippen LogP contribution in [0, 0.1) is 6.92 Å². The highest BCUT2D eigenvalue weighted by Gasteiger charge is 2.19. The maximum absolute atomic E-state index is 9.46. The Morgan fingerprint density at radius 2 is 2.13 bits per heavy atom. The zero-order valence-corrected chi connectivity index (χ0v) is 9.11. The smallest absolute Gasteiger partial charge is 0.106 e. The van der Waals surface area contributed by atoms with Crippen molar-refractivity contribution in [3.05, 3.63) is 17.2 Å². The van der Waals surface area contributed by atoms with Crippen molar-refractivity contribution < 1.29 is 10.2 Å². The van der Waals surface area contributed by atoms with Crippen LogP contribution < -0.4 is 0 Å². The predicted octanol–water partition coefficient (Wildman–Crippen LogP) is 0.424. The van der Waals surface area contributed by atoms with Gasteiger partial charge in [-0.25, -0.2) is 4.98 Å². The molecule has 1 aliphatic carbocycles. The standard InChI is InChI=1S/C11H18N2O2/c1-8-12-10-4-2-3-5-11(10)13(8)6-9(15)7-14/h9,14-15H,2-7H2,1H3. The Morgan fingerprint density at radius 3 is 2.87 bits per heavy atom. The van der Waals surface area contributed by atoms with Gasteiger partial charge in [0.05, 0.1) is 24.9 Å². The first-order valence-electron chi connectivity index (χ1n) is 5.56. The number of rotatable bonds is 3. The Bertz CT molecular complexity index is 347. The van der Waals surface area contributed by atoms with Crippen LogP contribution >= 0.6 is 0 Å². The Labute approximate surface area is 89.6 Å². The number of nitrogens with zero attached hydrogens (tertiary/aromatic N) is 2. The van der Waals surface area contributed by atoms with E-state index in [2.05, 4.69) is 9.55 Å². The third kappa shape index (κ3) is 2.06. The van der Waals surface area contributed by atoms with Crippen LogP contribution in [-0.2, 0) is 19.4 Å². The zero-order valence-electron chi connectivity index (χ0n) is 9.11. The minimum atomic E-state index is -0.677. The Morgan fingerprint density at radius 1 is 1.40 bits per heavy atom. The molecule has 84 valence electrons. The molecule has 1 heterocycles. The van der Waals surface area contributed by atoms with Crippen molar-refractivity contribution in [1.29, 1.82) is 0 Å². The number of hydrogen-bond donors (Lipinski definition) is 2. The zero-order chi connectivity index (χ0) is 10.8. The van der Waals surface area contributed by atoms with Crippen molar-refractivity contribution in [1.82, 2.24) is 9.55 Å². The number of hydrogen-bond acceptors (Lipinski definition) is 3. The van der Waals surface area contributed by atoms with Gasteiger partial charge in [-0.3, -0.25) is 0 Å². The van der Waals surface area contributed by atoms with Gasteiger partial charge in [-0.2, -0.15) is 0 Å². The summed E-state index contributed by atoms with van der Waals surface area (Å²) in [6.07, 6.45) is 3.84. The van der Waals surface area contributed by atoms with E-state index in [0.717, 1.165) is 18.7 Å². The van der Waals surface area contributed by atoms with Gasteiger partial charge in [0, 0.05) is 5.69 Å². The second-order valence-electron chi connectivity index (χ2n) is 4.21. The fourth-order valence-electron chi connectivity index (χ4n) is 2.25. The second kappa shape index (κ2) is 4.33. The summed E-state index contributed by atoms with van der Waals surface area (Å²) >= 11 is 0. The molecule has 0 spiro atoms. The SMILES string of the molecule is Cc1nc2c(n1CC(O)CO)CCCC2. The van der Waals surface area contributed by atoms with Gasteiger partial charge in [0.1, 0.15) is 5.82 Å². The van der Waals surface area contributed by atoms with Crippen molar-refractivity contribution >= 4 is 0 Å². The van der Waals surface area contributed by atoms with Crippen LogP contribution in [0.2, 0.25) is 0 Å². The predicted molar refractivity (Wildman–Crippen MR) is 56.7 cm³/mol. The molecule has 2 N–H and O–H groups in total. The van der Waals surface area contributed by atoms with Gasteiger partial charge in [-0.1, -0.05) is 0 Å². The van der Waals surface area contributed by atoms with E-state index in [9.17, 15) is 5.11 Å². The van der Waals surface area contributed by atoms with Gasteiger partial charge < -0.3 is 14.8 Å². The van der Waals surface area contributed by atoms with Crippen LogP contribution in [0.25, 0.3) is 0 Å². The summed E-state index contributed by atoms with van der Waals surface area (Å²) in [6.45, 7) is 2.24. The molecule has 4 heteroatoms. The number of aromatic nitrogens is 2. The molecule has 0 saturated heterocycles. The Kier molecular flexibility index (Phi) is 3.07. The van der Waals surface area contributed by atoms with E-state index < -0.39 is 6.10 Å². The van der Waals surface area contributed by atoms with E-state index in [1.165, 1.54) is 24.2 Å². The first-order valence-corrected chi connectivity index (χ1v) is 5.56. The van der Waals surface area contributed by atoms with Gasteiger partial charge in [-0.05, 0) is 32.6 Å². The molecule has 0 aliphatic heterocycles. The molecule has 15 heavy (non-hydrogen) atoms. The van der Waals surface area contributed by atoms with Crippen molar-refractivity contribution in [2.24, 2.45) is 0 Å². The summed E-state index contributed by atoms with van der Waals surface area (Å²) in [6, 6.07) is 0. The van der Waals surface area contributed by atoms with Crippen LogP contribution in [0.5, 0.6) is 0 Å². The van der Waals surface area contributed by atoms with E-state index in [1.807, 2.05) is 6.92 Å². The number of aliphatic hydroxyl groups is 2. The lowest BCUT2D eigenvalue weighted by Gasteiger charge is -2.16. The molecule has 1 aromatic heterocycles. The minimum Gasteiger partial charge on any atom is -0.394 e. The number of imidazole rings is 1. The Balaban J connectivity index is 2.25. The molecule has 0 saturated carbocycles. The quantitative estimate of drug-likeness (QED) is 0.760. The van der Waals surface area contributed by atoms with Crippen LogP contribution in [-0.4, -0.2) is 32.5 Å². The lowest BCUT2D eigenvalue weighted by molar-refractivity contribution is 0.0800. The third-order valence-corrected chi connectivity index (χ3v) is 3.03. The normalized spacial score (nSPS) is 17.5. The molecular formula is C11H18N2O2. The molecule has 0 fully saturated rings. The fourth-order valence-corrected chi connectivity index (χ4v) is 2.25. The first-order chi connectivity index (χ1) is 7.22. The second-order valence-corrected chi connectivity index (χ2v) is 4.21. The number of aliphatic hydroxyl groups excluding tert-OH is 2. The topological polar surface area (TPSA) is 58.3 Å². The molecule has 1 aromatic rings. The maximum Gasteiger partial charge on any atom is 0.106 e. The molecule has 1 unspecified atom stereocenters. The maximum atomic E-state index is 9.46. The summed E-state index contributed by atoms with van der Waals surface area (Å²) in [5.74, 6) is 0.953. The van der Waals surface area contributed by atoms with Gasteiger partial charge in [-0.15, -0.1) is 0 Å². The summed E-state index contributed by atoms with van der Waals surface area (Å²) < 4.78 is 2.05. The molecule has 0 bridgehead atoms. The molecule has 2 rings (SSSR count). The summed E-state index contributed by atoms with van der Waals surface area (Å²) in [5.41, 5.74) is 2.44. The molecule has 0 aromatic carbocycles. The van der Waals surface area contributed by atoms with E-state index in [4.69, 9.17) is 5.11 Å². The largest absolute Gasteiger partial charge is 0.394 e. The van der Waals surface area contributed by atoms with Crippen molar-refractivity contribution in [3.63, 3.8) is 0 Å². The molecule has 0 amide bonds. The third-order valence-electron chi connectivity index (χ3n) is 3.03. The number of fused-ring (bicyclic) bond motifs is 1. The van der Waals surface area contributed by atoms with E-state index in [1.54, 1.807) is 0 Å². The van der Waals surface area contributed by atoms with Gasteiger partial charge in [0.15, 0.2) is 0 Å². The van der Waals surface area contributed by atoms with Gasteiger partial charge >= 0.3 is 0 Å². The van der Waals surface area contributed by atoms with Crippen LogP contribution in [0.4, 0.5) is 0 Å². The first kappa shape index (κ1) is 10.6. The average molecular weight is 210 g/mol. The van der Waals surface area contributed by atoms with Crippen molar-refractivity contribution in [2.75, 3.05) is 6.61 Å². The minimum absolute atomic E-state index is 0.188. The van der Waals surface area contributed by atoms with Crippen molar-refractivity contribution in [2.45, 2.75) is 45.3 Å². The average Bonchev–Trinajstić information content (AvgIpc) is 2.55. The molecule has 4 nitrogen and oxygen atoms in total. The lowest BCUT2D eigenvalue weighted by atomic mass is 10.0. The summed E-state index contributed by atoms with van der Waals surface area (Å²) in [5, 5.41) is 18.3. The monoisotopic (exact) mass is 210 g/mol.